The lowest BCUT2D eigenvalue weighted by molar-refractivity contribution is -0.138. The summed E-state index contributed by atoms with van der Waals surface area (Å²) in [5, 5.41) is 5.23. The molecule has 122 valence electrons. The number of carbonyl (C=O) groups is 1. The molecule has 0 aliphatic carbocycles. The van der Waals surface area contributed by atoms with E-state index < -0.39 is 23.2 Å². The summed E-state index contributed by atoms with van der Waals surface area (Å²) in [5.41, 5.74) is 2.17. The smallest absolute Gasteiger partial charge is 0.379 e. The molecule has 10 heteroatoms. The van der Waals surface area contributed by atoms with Gasteiger partial charge in [0.1, 0.15) is 5.56 Å². The molecule has 1 unspecified atom stereocenters. The second-order valence-electron chi connectivity index (χ2n) is 4.88. The molecule has 22 heavy (non-hydrogen) atoms. The maximum Gasteiger partial charge on any atom is 0.423 e. The summed E-state index contributed by atoms with van der Waals surface area (Å²) < 4.78 is 44.2. The number of anilines is 1. The molecule has 1 aliphatic rings. The number of halogens is 3. The third-order valence-corrected chi connectivity index (χ3v) is 3.38. The van der Waals surface area contributed by atoms with E-state index in [2.05, 4.69) is 5.10 Å². The Balaban J connectivity index is 2.08. The fraction of sp³-hybridized carbons (Fsp3) is 0.583. The first-order valence-electron chi connectivity index (χ1n) is 6.58. The largest absolute Gasteiger partial charge is 0.423 e. The number of hydrogen-bond acceptors (Lipinski definition) is 5. The molecule has 1 amide bonds. The Hall–Kier alpha value is -2.10. The Morgan fingerprint density at radius 2 is 2.27 bits per heavy atom. The average molecular weight is 320 g/mol. The third-order valence-electron chi connectivity index (χ3n) is 3.38. The molecular formula is C12H15F3N4O3. The minimum atomic E-state index is -4.77. The Morgan fingerprint density at radius 3 is 2.82 bits per heavy atom. The van der Waals surface area contributed by atoms with Gasteiger partial charge < -0.3 is 15.4 Å². The van der Waals surface area contributed by atoms with Gasteiger partial charge in [0.05, 0.1) is 31.1 Å². The zero-order chi connectivity index (χ0) is 16.3. The number of hydrogen-bond donors (Lipinski definition) is 2. The normalized spacial score (nSPS) is 18.1. The van der Waals surface area contributed by atoms with Crippen LogP contribution in [0.25, 0.3) is 0 Å². The molecule has 7 nitrogen and oxygen atoms in total. The van der Waals surface area contributed by atoms with Crippen molar-refractivity contribution < 1.29 is 22.7 Å². The summed E-state index contributed by atoms with van der Waals surface area (Å²) >= 11 is 0. The number of primary amides is 1. The highest BCUT2D eigenvalue weighted by atomic mass is 19.4. The number of ether oxygens (including phenoxy) is 1. The van der Waals surface area contributed by atoms with Gasteiger partial charge in [-0.2, -0.15) is 18.3 Å². The van der Waals surface area contributed by atoms with Crippen molar-refractivity contribution in [3.63, 3.8) is 0 Å². The maximum absolute atomic E-state index is 13.0. The molecule has 2 heterocycles. The fourth-order valence-electron chi connectivity index (χ4n) is 2.20. The van der Waals surface area contributed by atoms with Crippen molar-refractivity contribution in [2.24, 2.45) is 5.73 Å². The molecule has 2 rings (SSSR count). The number of carbonyl (C=O) groups excluding carboxylic acids is 1. The van der Waals surface area contributed by atoms with E-state index in [0.29, 0.717) is 13.0 Å². The number of nitrogens with one attached hydrogen (secondary N) is 1. The molecule has 3 N–H and O–H groups in total. The van der Waals surface area contributed by atoms with E-state index in [0.717, 1.165) is 6.20 Å². The van der Waals surface area contributed by atoms with E-state index in [4.69, 9.17) is 10.5 Å². The van der Waals surface area contributed by atoms with Crippen LogP contribution < -0.4 is 16.2 Å². The standard InChI is InChI=1S/C12H15F3N4O3/c13-12(14,15)10-8(5-17-18-11(10)21)19-3-1-7(19)6-22-4-2-9(16)20/h5,7H,1-4,6H2,(H2,16,20)(H,18,21). The first-order chi connectivity index (χ1) is 10.3. The highest BCUT2D eigenvalue weighted by Gasteiger charge is 2.41. The monoisotopic (exact) mass is 320 g/mol. The van der Waals surface area contributed by atoms with Gasteiger partial charge in [-0.25, -0.2) is 5.10 Å². The topological polar surface area (TPSA) is 101 Å². The van der Waals surface area contributed by atoms with Crippen molar-refractivity contribution in [1.29, 1.82) is 0 Å². The van der Waals surface area contributed by atoms with Crippen molar-refractivity contribution in [3.05, 3.63) is 22.1 Å². The molecule has 0 saturated carbocycles. The number of H-pyrrole nitrogens is 1. The van der Waals surface area contributed by atoms with Gasteiger partial charge >= 0.3 is 6.18 Å². The first-order valence-corrected chi connectivity index (χ1v) is 6.58. The Bertz CT molecular complexity index is 602. The number of aromatic amines is 1. The van der Waals surface area contributed by atoms with E-state index in [1.165, 1.54) is 4.90 Å². The summed E-state index contributed by atoms with van der Waals surface area (Å²) in [7, 11) is 0. The molecule has 1 atom stereocenters. The summed E-state index contributed by atoms with van der Waals surface area (Å²) in [5.74, 6) is -0.511. The molecule has 1 aliphatic heterocycles. The van der Waals surface area contributed by atoms with Gasteiger partial charge in [0, 0.05) is 13.0 Å². The van der Waals surface area contributed by atoms with Crippen LogP contribution in [0.5, 0.6) is 0 Å². The van der Waals surface area contributed by atoms with Crippen LogP contribution in [0.15, 0.2) is 11.0 Å². The summed E-state index contributed by atoms with van der Waals surface area (Å²) in [6, 6.07) is -0.294. The van der Waals surface area contributed by atoms with Crippen molar-refractivity contribution >= 4 is 11.6 Å². The van der Waals surface area contributed by atoms with Crippen molar-refractivity contribution in [2.75, 3.05) is 24.7 Å². The van der Waals surface area contributed by atoms with Gasteiger partial charge in [-0.3, -0.25) is 9.59 Å². The van der Waals surface area contributed by atoms with Crippen molar-refractivity contribution in [2.45, 2.75) is 25.1 Å². The van der Waals surface area contributed by atoms with Gasteiger partial charge in [-0.1, -0.05) is 0 Å². The summed E-state index contributed by atoms with van der Waals surface area (Å²) in [6.07, 6.45) is -3.10. The van der Waals surface area contributed by atoms with Crippen LogP contribution in [-0.4, -0.2) is 41.9 Å². The van der Waals surface area contributed by atoms with E-state index in [1.54, 1.807) is 5.10 Å². The lowest BCUT2D eigenvalue weighted by Crippen LogP contribution is -2.52. The molecule has 1 aromatic heterocycles. The average Bonchev–Trinajstić information content (AvgIpc) is 2.35. The van der Waals surface area contributed by atoms with E-state index in [9.17, 15) is 22.8 Å². The van der Waals surface area contributed by atoms with E-state index >= 15 is 0 Å². The predicted molar refractivity (Wildman–Crippen MR) is 70.2 cm³/mol. The minimum absolute atomic E-state index is 0.0487. The number of nitrogens with zero attached hydrogens (tertiary/aromatic N) is 2. The maximum atomic E-state index is 13.0. The summed E-state index contributed by atoms with van der Waals surface area (Å²) in [6.45, 7) is 0.634. The van der Waals surface area contributed by atoms with Crippen LogP contribution in [0.2, 0.25) is 0 Å². The Labute approximate surface area is 123 Å². The first kappa shape index (κ1) is 16.3. The predicted octanol–water partition coefficient (Wildman–Crippen LogP) is 0.259. The molecule has 0 bridgehead atoms. The van der Waals surface area contributed by atoms with Crippen molar-refractivity contribution in [1.82, 2.24) is 10.2 Å². The fourth-order valence-corrected chi connectivity index (χ4v) is 2.20. The number of rotatable bonds is 6. The molecular weight excluding hydrogens is 305 g/mol. The lowest BCUT2D eigenvalue weighted by atomic mass is 10.0. The lowest BCUT2D eigenvalue weighted by Gasteiger charge is -2.43. The SMILES string of the molecule is NC(=O)CCOCC1CCN1c1cn[nH]c(=O)c1C(F)(F)F. The van der Waals surface area contributed by atoms with Crippen molar-refractivity contribution in [3.8, 4) is 0 Å². The van der Waals surface area contributed by atoms with Crippen LogP contribution in [0, 0.1) is 0 Å². The quantitative estimate of drug-likeness (QED) is 0.732. The number of alkyl halides is 3. The molecule has 1 saturated heterocycles. The molecule has 0 radical (unpaired) electrons. The molecule has 0 spiro atoms. The van der Waals surface area contributed by atoms with Crippen LogP contribution in [0.4, 0.5) is 18.9 Å². The molecule has 1 aromatic rings. The van der Waals surface area contributed by atoms with E-state index in [1.807, 2.05) is 0 Å². The number of aromatic nitrogens is 2. The van der Waals surface area contributed by atoms with Crippen LogP contribution in [0.3, 0.4) is 0 Å². The second-order valence-corrected chi connectivity index (χ2v) is 4.88. The van der Waals surface area contributed by atoms with Gasteiger partial charge in [0.15, 0.2) is 0 Å². The Morgan fingerprint density at radius 1 is 1.55 bits per heavy atom. The van der Waals surface area contributed by atoms with E-state index in [-0.39, 0.29) is 31.4 Å². The van der Waals surface area contributed by atoms with Gasteiger partial charge in [-0.15, -0.1) is 0 Å². The van der Waals surface area contributed by atoms with Crippen LogP contribution in [-0.2, 0) is 15.7 Å². The number of nitrogens with two attached hydrogens (primary N) is 1. The Kier molecular flexibility index (Phi) is 4.69. The zero-order valence-electron chi connectivity index (χ0n) is 11.5. The van der Waals surface area contributed by atoms with Gasteiger partial charge in [-0.05, 0) is 6.42 Å². The molecule has 0 aromatic carbocycles. The molecule has 1 fully saturated rings. The second kappa shape index (κ2) is 6.34. The minimum Gasteiger partial charge on any atom is -0.379 e. The highest BCUT2D eigenvalue weighted by Crippen LogP contribution is 2.36. The number of amides is 1. The summed E-state index contributed by atoms with van der Waals surface area (Å²) in [4.78, 5) is 23.4. The highest BCUT2D eigenvalue weighted by molar-refractivity contribution is 5.73. The zero-order valence-corrected chi connectivity index (χ0v) is 11.5. The van der Waals surface area contributed by atoms with Crippen LogP contribution >= 0.6 is 0 Å². The van der Waals surface area contributed by atoms with Gasteiger partial charge in [0.2, 0.25) is 5.91 Å². The van der Waals surface area contributed by atoms with Crippen LogP contribution in [0.1, 0.15) is 18.4 Å². The third kappa shape index (κ3) is 3.56. The van der Waals surface area contributed by atoms with Gasteiger partial charge in [0.25, 0.3) is 5.56 Å².